The minimum atomic E-state index is -0.364. The second kappa shape index (κ2) is 7.00. The van der Waals surface area contributed by atoms with E-state index in [1.54, 1.807) is 35.7 Å². The molecule has 0 atom stereocenters. The van der Waals surface area contributed by atoms with Gasteiger partial charge in [-0.05, 0) is 23.6 Å². The number of benzene rings is 2. The lowest BCUT2D eigenvalue weighted by Gasteiger charge is -2.31. The summed E-state index contributed by atoms with van der Waals surface area (Å²) in [7, 11) is 0. The van der Waals surface area contributed by atoms with Crippen molar-refractivity contribution in [2.24, 2.45) is 0 Å². The lowest BCUT2D eigenvalue weighted by molar-refractivity contribution is -0.384. The van der Waals surface area contributed by atoms with Crippen molar-refractivity contribution in [1.82, 2.24) is 0 Å². The van der Waals surface area contributed by atoms with Gasteiger partial charge in [0.15, 0.2) is 0 Å². The van der Waals surface area contributed by atoms with E-state index in [0.717, 1.165) is 12.0 Å². The van der Waals surface area contributed by atoms with Gasteiger partial charge in [0.1, 0.15) is 0 Å². The van der Waals surface area contributed by atoms with Crippen LogP contribution in [0.4, 0.5) is 5.69 Å². The van der Waals surface area contributed by atoms with Crippen LogP contribution in [-0.2, 0) is 10.5 Å². The predicted octanol–water partition coefficient (Wildman–Crippen LogP) is 4.72. The molecule has 2 aromatic carbocycles. The van der Waals surface area contributed by atoms with Crippen LogP contribution in [0.2, 0.25) is 0 Å². The number of thioether (sulfide) groups is 2. The molecule has 110 valence electrons. The summed E-state index contributed by atoms with van der Waals surface area (Å²) < 4.78 is -0.0720. The third kappa shape index (κ3) is 3.60. The molecular weight excluding hydrogens is 302 g/mol. The fourth-order valence-electron chi connectivity index (χ4n) is 2.26. The van der Waals surface area contributed by atoms with Crippen molar-refractivity contribution < 1.29 is 4.92 Å². The minimum absolute atomic E-state index is 0.0720. The summed E-state index contributed by atoms with van der Waals surface area (Å²) in [6.45, 7) is 0. The van der Waals surface area contributed by atoms with E-state index >= 15 is 0 Å². The Hall–Kier alpha value is -1.46. The molecule has 0 heterocycles. The number of non-ortho nitro benzene ring substituents is 1. The maximum Gasteiger partial charge on any atom is 0.269 e. The zero-order chi connectivity index (χ0) is 15.3. The zero-order valence-corrected chi connectivity index (χ0v) is 13.6. The van der Waals surface area contributed by atoms with Crippen LogP contribution in [0.25, 0.3) is 0 Å². The third-order valence-corrected chi connectivity index (χ3v) is 6.54. The van der Waals surface area contributed by atoms with Gasteiger partial charge in [-0.3, -0.25) is 10.1 Å². The third-order valence-electron chi connectivity index (χ3n) is 3.46. The number of hydrogen-bond donors (Lipinski definition) is 0. The second-order valence-electron chi connectivity index (χ2n) is 4.63. The fourth-order valence-corrected chi connectivity index (χ4v) is 4.29. The number of nitro groups is 1. The Morgan fingerprint density at radius 1 is 1.00 bits per heavy atom. The maximum absolute atomic E-state index is 10.7. The Labute approximate surface area is 133 Å². The first-order valence-corrected chi connectivity index (χ1v) is 8.95. The number of hydrogen-bond acceptors (Lipinski definition) is 4. The van der Waals surface area contributed by atoms with Gasteiger partial charge < -0.3 is 0 Å². The Kier molecular flexibility index (Phi) is 5.31. The van der Waals surface area contributed by atoms with Crippen LogP contribution in [-0.4, -0.2) is 17.4 Å². The van der Waals surface area contributed by atoms with E-state index in [9.17, 15) is 10.1 Å². The number of nitro benzene ring substituents is 1. The topological polar surface area (TPSA) is 43.1 Å². The van der Waals surface area contributed by atoms with Gasteiger partial charge in [-0.1, -0.05) is 42.5 Å². The molecule has 5 heteroatoms. The van der Waals surface area contributed by atoms with Gasteiger partial charge in [0.05, 0.1) is 9.00 Å². The smallest absolute Gasteiger partial charge is 0.258 e. The lowest BCUT2D eigenvalue weighted by atomic mass is 10.0. The van der Waals surface area contributed by atoms with E-state index in [0.29, 0.717) is 0 Å². The fraction of sp³-hybridized carbons (Fsp3) is 0.250. The van der Waals surface area contributed by atoms with Gasteiger partial charge in [0.25, 0.3) is 5.69 Å². The number of nitrogens with zero attached hydrogens (tertiary/aromatic N) is 1. The Morgan fingerprint density at radius 2 is 1.57 bits per heavy atom. The highest BCUT2D eigenvalue weighted by atomic mass is 32.2. The van der Waals surface area contributed by atoms with Crippen molar-refractivity contribution in [2.75, 3.05) is 12.5 Å². The molecule has 0 saturated carbocycles. The van der Waals surface area contributed by atoms with Crippen LogP contribution in [0.15, 0.2) is 54.6 Å². The van der Waals surface area contributed by atoms with E-state index < -0.39 is 0 Å². The molecule has 0 fully saturated rings. The Bertz CT molecular complexity index is 595. The highest BCUT2D eigenvalue weighted by Crippen LogP contribution is 2.46. The monoisotopic (exact) mass is 319 g/mol. The minimum Gasteiger partial charge on any atom is -0.258 e. The maximum atomic E-state index is 10.7. The van der Waals surface area contributed by atoms with E-state index in [1.165, 1.54) is 5.56 Å². The molecule has 0 radical (unpaired) electrons. The molecule has 3 nitrogen and oxygen atoms in total. The molecule has 0 spiro atoms. The predicted molar refractivity (Wildman–Crippen MR) is 92.0 cm³/mol. The first kappa shape index (κ1) is 15.9. The van der Waals surface area contributed by atoms with Gasteiger partial charge in [-0.2, -0.15) is 0 Å². The first-order valence-electron chi connectivity index (χ1n) is 6.50. The summed E-state index contributed by atoms with van der Waals surface area (Å²) in [6, 6.07) is 17.2. The van der Waals surface area contributed by atoms with Crippen LogP contribution < -0.4 is 0 Å². The molecule has 0 amide bonds. The molecule has 0 aliphatic heterocycles. The van der Waals surface area contributed by atoms with E-state index in [1.807, 2.05) is 30.3 Å². The zero-order valence-electron chi connectivity index (χ0n) is 12.0. The van der Waals surface area contributed by atoms with Crippen LogP contribution in [0, 0.1) is 10.1 Å². The van der Waals surface area contributed by atoms with Crippen molar-refractivity contribution in [1.29, 1.82) is 0 Å². The van der Waals surface area contributed by atoms with Crippen molar-refractivity contribution in [3.63, 3.8) is 0 Å². The van der Waals surface area contributed by atoms with Gasteiger partial charge >= 0.3 is 0 Å². The SMILES string of the molecule is CSC(Cc1ccc([N+](=O)[O-])cc1)(SC)c1ccccc1. The molecule has 0 aliphatic rings. The van der Waals surface area contributed by atoms with Crippen molar-refractivity contribution >= 4 is 29.2 Å². The van der Waals surface area contributed by atoms with Crippen LogP contribution >= 0.6 is 23.5 Å². The van der Waals surface area contributed by atoms with Gasteiger partial charge in [-0.25, -0.2) is 0 Å². The van der Waals surface area contributed by atoms with E-state index in [2.05, 4.69) is 24.6 Å². The number of rotatable bonds is 6. The van der Waals surface area contributed by atoms with Crippen molar-refractivity contribution in [2.45, 2.75) is 10.5 Å². The summed E-state index contributed by atoms with van der Waals surface area (Å²) in [4.78, 5) is 10.4. The van der Waals surface area contributed by atoms with E-state index in [4.69, 9.17) is 0 Å². The Balaban J connectivity index is 2.30. The average molecular weight is 319 g/mol. The van der Waals surface area contributed by atoms with Crippen LogP contribution in [0.1, 0.15) is 11.1 Å². The summed E-state index contributed by atoms with van der Waals surface area (Å²) in [6.07, 6.45) is 5.04. The van der Waals surface area contributed by atoms with E-state index in [-0.39, 0.29) is 14.7 Å². The molecule has 0 aromatic heterocycles. The largest absolute Gasteiger partial charge is 0.269 e. The van der Waals surface area contributed by atoms with Crippen LogP contribution in [0.3, 0.4) is 0 Å². The highest BCUT2D eigenvalue weighted by Gasteiger charge is 2.30. The average Bonchev–Trinajstić information content (AvgIpc) is 2.54. The molecule has 2 aromatic rings. The standard InChI is InChI=1S/C16H17NO2S2/c1-20-16(21-2,14-6-4-3-5-7-14)12-13-8-10-15(11-9-13)17(18)19/h3-11H,12H2,1-2H3. The summed E-state index contributed by atoms with van der Waals surface area (Å²) >= 11 is 3.61. The molecule has 0 unspecified atom stereocenters. The molecule has 0 saturated heterocycles. The van der Waals surface area contributed by atoms with Gasteiger partial charge in [0, 0.05) is 18.6 Å². The van der Waals surface area contributed by atoms with Crippen molar-refractivity contribution in [3.05, 3.63) is 75.8 Å². The summed E-state index contributed by atoms with van der Waals surface area (Å²) in [5.74, 6) is 0. The first-order chi connectivity index (χ1) is 10.1. The summed E-state index contributed by atoms with van der Waals surface area (Å²) in [5, 5.41) is 10.7. The molecule has 21 heavy (non-hydrogen) atoms. The summed E-state index contributed by atoms with van der Waals surface area (Å²) in [5.41, 5.74) is 2.51. The van der Waals surface area contributed by atoms with Gasteiger partial charge in [-0.15, -0.1) is 23.5 Å². The highest BCUT2D eigenvalue weighted by molar-refractivity contribution is 8.16. The van der Waals surface area contributed by atoms with Crippen molar-refractivity contribution in [3.8, 4) is 0 Å². The quantitative estimate of drug-likeness (QED) is 0.439. The lowest BCUT2D eigenvalue weighted by Crippen LogP contribution is -2.20. The molecule has 2 rings (SSSR count). The molecule has 0 bridgehead atoms. The molecule has 0 N–H and O–H groups in total. The van der Waals surface area contributed by atoms with Gasteiger partial charge in [0.2, 0.25) is 0 Å². The van der Waals surface area contributed by atoms with Crippen LogP contribution in [0.5, 0.6) is 0 Å². The molecule has 0 aliphatic carbocycles. The second-order valence-corrected chi connectivity index (χ2v) is 7.10. The normalized spacial score (nSPS) is 11.3. The molecular formula is C16H17NO2S2. The Morgan fingerprint density at radius 3 is 2.05 bits per heavy atom.